The van der Waals surface area contributed by atoms with E-state index in [2.05, 4.69) is 65.0 Å². The summed E-state index contributed by atoms with van der Waals surface area (Å²) in [5.41, 5.74) is 5.72. The summed E-state index contributed by atoms with van der Waals surface area (Å²) in [6.45, 7) is 4.95. The van der Waals surface area contributed by atoms with Crippen molar-refractivity contribution in [3.05, 3.63) is 47.5 Å². The first kappa shape index (κ1) is 15.7. The zero-order chi connectivity index (χ0) is 17.4. The van der Waals surface area contributed by atoms with E-state index in [1.165, 1.54) is 29.5 Å². The number of fused-ring (bicyclic) bond motifs is 1. The number of nitrogens with zero attached hydrogens (tertiary/aromatic N) is 1. The van der Waals surface area contributed by atoms with E-state index in [9.17, 15) is 4.79 Å². The quantitative estimate of drug-likeness (QED) is 0.663. The fraction of sp³-hybridized carbons (Fsp3) is 0.300. The van der Waals surface area contributed by atoms with Crippen LogP contribution in [-0.2, 0) is 0 Å². The highest BCUT2D eigenvalue weighted by atomic mass is 16.2. The van der Waals surface area contributed by atoms with Crippen molar-refractivity contribution in [3.63, 3.8) is 0 Å². The molecule has 1 aromatic heterocycles. The molecule has 1 fully saturated rings. The van der Waals surface area contributed by atoms with Gasteiger partial charge in [-0.15, -0.1) is 0 Å². The number of aryl methyl sites for hydroxylation is 2. The van der Waals surface area contributed by atoms with E-state index in [4.69, 9.17) is 0 Å². The smallest absolute Gasteiger partial charge is 0.320 e. The largest absolute Gasteiger partial charge is 0.338 e. The molecule has 1 aliphatic carbocycles. The van der Waals surface area contributed by atoms with Crippen LogP contribution < -0.4 is 10.6 Å². The number of aromatic amines is 1. The molecule has 0 radical (unpaired) electrons. The number of hydrogen-bond acceptors (Lipinski definition) is 2. The van der Waals surface area contributed by atoms with Crippen LogP contribution in [0.2, 0.25) is 0 Å². The molecule has 1 heterocycles. The van der Waals surface area contributed by atoms with Crippen LogP contribution in [0.1, 0.15) is 24.0 Å². The molecule has 0 aliphatic heterocycles. The molecule has 5 heteroatoms. The Hall–Kier alpha value is -2.82. The third-order valence-electron chi connectivity index (χ3n) is 4.60. The predicted octanol–water partition coefficient (Wildman–Crippen LogP) is 4.38. The van der Waals surface area contributed by atoms with Crippen molar-refractivity contribution < 1.29 is 4.79 Å². The SMILES string of the molecule is Cc1cc(C)cc(-c2ccc3c(NC(=O)NCC4CC4)n[nH]c3c2)c1. The Kier molecular flexibility index (Phi) is 3.92. The summed E-state index contributed by atoms with van der Waals surface area (Å²) in [7, 11) is 0. The summed E-state index contributed by atoms with van der Waals surface area (Å²) in [6.07, 6.45) is 2.43. The van der Waals surface area contributed by atoms with Crippen LogP contribution in [0.25, 0.3) is 22.0 Å². The number of hydrogen-bond donors (Lipinski definition) is 3. The fourth-order valence-corrected chi connectivity index (χ4v) is 3.15. The van der Waals surface area contributed by atoms with Crippen LogP contribution in [0.4, 0.5) is 10.6 Å². The van der Waals surface area contributed by atoms with Gasteiger partial charge >= 0.3 is 6.03 Å². The summed E-state index contributed by atoms with van der Waals surface area (Å²) in [6, 6.07) is 12.5. The Morgan fingerprint density at radius 3 is 2.60 bits per heavy atom. The molecule has 2 amide bonds. The second kappa shape index (κ2) is 6.24. The van der Waals surface area contributed by atoms with E-state index in [-0.39, 0.29) is 6.03 Å². The maximum absolute atomic E-state index is 12.0. The number of amides is 2. The summed E-state index contributed by atoms with van der Waals surface area (Å²) in [4.78, 5) is 12.0. The van der Waals surface area contributed by atoms with Crippen molar-refractivity contribution in [2.75, 3.05) is 11.9 Å². The van der Waals surface area contributed by atoms with Gasteiger partial charge in [0.25, 0.3) is 0 Å². The van der Waals surface area contributed by atoms with Crippen molar-refractivity contribution >= 4 is 22.8 Å². The summed E-state index contributed by atoms with van der Waals surface area (Å²) >= 11 is 0. The molecule has 1 saturated carbocycles. The molecule has 0 atom stereocenters. The number of benzene rings is 2. The number of anilines is 1. The molecule has 4 rings (SSSR count). The molecular formula is C20H22N4O. The summed E-state index contributed by atoms with van der Waals surface area (Å²) in [5.74, 6) is 1.22. The molecule has 2 aromatic carbocycles. The fourth-order valence-electron chi connectivity index (χ4n) is 3.15. The van der Waals surface area contributed by atoms with E-state index in [1.54, 1.807) is 0 Å². The highest BCUT2D eigenvalue weighted by Gasteiger charge is 2.21. The van der Waals surface area contributed by atoms with E-state index in [1.807, 2.05) is 6.07 Å². The standard InChI is InChI=1S/C20H22N4O/c1-12-7-13(2)9-16(8-12)15-5-6-17-18(10-15)23-24-19(17)22-20(25)21-11-14-3-4-14/h5-10,14H,3-4,11H2,1-2H3,(H3,21,22,23,24,25). The maximum Gasteiger partial charge on any atom is 0.320 e. The molecule has 25 heavy (non-hydrogen) atoms. The third-order valence-corrected chi connectivity index (χ3v) is 4.60. The van der Waals surface area contributed by atoms with Gasteiger partial charge in [-0.25, -0.2) is 4.79 Å². The molecule has 5 nitrogen and oxygen atoms in total. The molecule has 0 unspecified atom stereocenters. The van der Waals surface area contributed by atoms with E-state index >= 15 is 0 Å². The van der Waals surface area contributed by atoms with Crippen LogP contribution in [0, 0.1) is 19.8 Å². The van der Waals surface area contributed by atoms with Crippen molar-refractivity contribution in [1.82, 2.24) is 15.5 Å². The van der Waals surface area contributed by atoms with Crippen molar-refractivity contribution in [2.24, 2.45) is 5.92 Å². The van der Waals surface area contributed by atoms with Gasteiger partial charge in [-0.05, 0) is 55.9 Å². The van der Waals surface area contributed by atoms with Gasteiger partial charge in [0.2, 0.25) is 0 Å². The molecule has 1 aliphatic rings. The molecule has 0 spiro atoms. The van der Waals surface area contributed by atoms with Gasteiger partial charge in [0, 0.05) is 11.9 Å². The number of carbonyl (C=O) groups excluding carboxylic acids is 1. The second-order valence-electron chi connectivity index (χ2n) is 6.99. The van der Waals surface area contributed by atoms with Crippen LogP contribution in [0.15, 0.2) is 36.4 Å². The minimum atomic E-state index is -0.196. The number of urea groups is 1. The second-order valence-corrected chi connectivity index (χ2v) is 6.99. The third kappa shape index (κ3) is 3.50. The predicted molar refractivity (Wildman–Crippen MR) is 101 cm³/mol. The summed E-state index contributed by atoms with van der Waals surface area (Å²) < 4.78 is 0. The van der Waals surface area contributed by atoms with Crippen LogP contribution in [-0.4, -0.2) is 22.8 Å². The number of carbonyl (C=O) groups is 1. The number of aromatic nitrogens is 2. The minimum absolute atomic E-state index is 0.196. The number of H-pyrrole nitrogens is 1. The first-order valence-electron chi connectivity index (χ1n) is 8.70. The maximum atomic E-state index is 12.0. The lowest BCUT2D eigenvalue weighted by Gasteiger charge is -2.06. The monoisotopic (exact) mass is 334 g/mol. The Balaban J connectivity index is 1.56. The molecule has 0 saturated heterocycles. The lowest BCUT2D eigenvalue weighted by atomic mass is 10.00. The van der Waals surface area contributed by atoms with E-state index in [0.717, 1.165) is 23.0 Å². The summed E-state index contributed by atoms with van der Waals surface area (Å²) in [5, 5.41) is 13.9. The molecule has 128 valence electrons. The zero-order valence-electron chi connectivity index (χ0n) is 14.5. The zero-order valence-corrected chi connectivity index (χ0v) is 14.5. The Labute approximate surface area is 146 Å². The highest BCUT2D eigenvalue weighted by Crippen LogP contribution is 2.29. The van der Waals surface area contributed by atoms with Crippen molar-refractivity contribution in [1.29, 1.82) is 0 Å². The highest BCUT2D eigenvalue weighted by molar-refractivity contribution is 6.00. The van der Waals surface area contributed by atoms with E-state index < -0.39 is 0 Å². The first-order chi connectivity index (χ1) is 12.1. The Morgan fingerprint density at radius 1 is 1.12 bits per heavy atom. The minimum Gasteiger partial charge on any atom is -0.338 e. The van der Waals surface area contributed by atoms with Gasteiger partial charge in [-0.1, -0.05) is 35.4 Å². The van der Waals surface area contributed by atoms with Gasteiger partial charge < -0.3 is 5.32 Å². The van der Waals surface area contributed by atoms with E-state index in [0.29, 0.717) is 11.7 Å². The van der Waals surface area contributed by atoms with Crippen LogP contribution in [0.5, 0.6) is 0 Å². The molecular weight excluding hydrogens is 312 g/mol. The Bertz CT molecular complexity index is 920. The molecule has 3 N–H and O–H groups in total. The lowest BCUT2D eigenvalue weighted by Crippen LogP contribution is -2.30. The topological polar surface area (TPSA) is 69.8 Å². The number of rotatable bonds is 4. The average Bonchev–Trinajstić information content (AvgIpc) is 3.33. The molecule has 3 aromatic rings. The van der Waals surface area contributed by atoms with Crippen molar-refractivity contribution in [2.45, 2.75) is 26.7 Å². The normalized spacial score (nSPS) is 13.8. The van der Waals surface area contributed by atoms with Gasteiger partial charge in [0.1, 0.15) is 0 Å². The van der Waals surface area contributed by atoms with Gasteiger partial charge in [-0.3, -0.25) is 10.4 Å². The average molecular weight is 334 g/mol. The van der Waals surface area contributed by atoms with Gasteiger partial charge in [0.05, 0.1) is 5.52 Å². The lowest BCUT2D eigenvalue weighted by molar-refractivity contribution is 0.251. The van der Waals surface area contributed by atoms with Gasteiger partial charge in [0.15, 0.2) is 5.82 Å². The van der Waals surface area contributed by atoms with Crippen LogP contribution >= 0.6 is 0 Å². The Morgan fingerprint density at radius 2 is 1.88 bits per heavy atom. The van der Waals surface area contributed by atoms with Crippen molar-refractivity contribution in [3.8, 4) is 11.1 Å². The first-order valence-corrected chi connectivity index (χ1v) is 8.70. The number of nitrogens with one attached hydrogen (secondary N) is 3. The van der Waals surface area contributed by atoms with Crippen LogP contribution in [0.3, 0.4) is 0 Å². The molecule has 0 bridgehead atoms. The van der Waals surface area contributed by atoms with Gasteiger partial charge in [-0.2, -0.15) is 5.10 Å².